The van der Waals surface area contributed by atoms with Crippen LogP contribution in [-0.4, -0.2) is 25.2 Å². The quantitative estimate of drug-likeness (QED) is 0.605. The molecule has 1 aliphatic rings. The number of rotatable bonds is 7. The maximum absolute atomic E-state index is 12.2. The predicted octanol–water partition coefficient (Wildman–Crippen LogP) is 3.47. The third kappa shape index (κ3) is 5.70. The first-order valence-electron chi connectivity index (χ1n) is 9.03. The largest absolute Gasteiger partial charge is 0.489 e. The van der Waals surface area contributed by atoms with Crippen molar-refractivity contribution < 1.29 is 14.3 Å². The number of nitriles is 1. The number of benzene rings is 2. The van der Waals surface area contributed by atoms with E-state index >= 15 is 0 Å². The fourth-order valence-electron chi connectivity index (χ4n) is 2.82. The number of carbonyl (C=O) groups is 1. The van der Waals surface area contributed by atoms with Crippen LogP contribution in [0.1, 0.15) is 24.0 Å². The second kappa shape index (κ2) is 9.56. The summed E-state index contributed by atoms with van der Waals surface area (Å²) >= 11 is 0. The van der Waals surface area contributed by atoms with Crippen LogP contribution in [0.5, 0.6) is 5.75 Å². The van der Waals surface area contributed by atoms with Crippen molar-refractivity contribution in [3.63, 3.8) is 0 Å². The minimum Gasteiger partial charge on any atom is -0.489 e. The molecule has 138 valence electrons. The van der Waals surface area contributed by atoms with Crippen LogP contribution in [0.3, 0.4) is 0 Å². The third-order valence-corrected chi connectivity index (χ3v) is 4.32. The van der Waals surface area contributed by atoms with Crippen LogP contribution in [-0.2, 0) is 16.1 Å². The van der Waals surface area contributed by atoms with Crippen molar-refractivity contribution in [3.05, 3.63) is 71.3 Å². The van der Waals surface area contributed by atoms with E-state index in [1.807, 2.05) is 60.7 Å². The lowest BCUT2D eigenvalue weighted by Crippen LogP contribution is -2.32. The number of amides is 1. The molecular weight excluding hydrogens is 340 g/mol. The van der Waals surface area contributed by atoms with Crippen LogP contribution in [0.15, 0.2) is 60.2 Å². The standard InChI is InChI=1S/C22H22N2O3/c23-14-19(22(25)24-15-21-7-4-12-26-21)13-17-8-10-20(11-9-17)27-16-18-5-2-1-3-6-18/h1-3,5-6,8-11,13,21H,4,7,12,15-16H2,(H,24,25)/b19-13+. The summed E-state index contributed by atoms with van der Waals surface area (Å²) in [5.74, 6) is 0.356. The number of hydrogen-bond donors (Lipinski definition) is 1. The summed E-state index contributed by atoms with van der Waals surface area (Å²) in [7, 11) is 0. The molecule has 1 atom stereocenters. The normalized spacial score (nSPS) is 16.6. The zero-order valence-corrected chi connectivity index (χ0v) is 15.1. The highest BCUT2D eigenvalue weighted by molar-refractivity contribution is 6.01. The average Bonchev–Trinajstić information content (AvgIpc) is 3.24. The highest BCUT2D eigenvalue weighted by Gasteiger charge is 2.17. The van der Waals surface area contributed by atoms with Crippen LogP contribution >= 0.6 is 0 Å². The van der Waals surface area contributed by atoms with E-state index in [1.165, 1.54) is 0 Å². The Morgan fingerprint density at radius 1 is 1.22 bits per heavy atom. The molecule has 1 amide bonds. The van der Waals surface area contributed by atoms with Crippen molar-refractivity contribution in [2.24, 2.45) is 0 Å². The Bertz CT molecular complexity index is 817. The van der Waals surface area contributed by atoms with Crippen molar-refractivity contribution in [2.45, 2.75) is 25.6 Å². The summed E-state index contributed by atoms with van der Waals surface area (Å²) in [6, 6.07) is 19.2. The van der Waals surface area contributed by atoms with E-state index in [0.717, 1.165) is 36.3 Å². The molecule has 0 radical (unpaired) electrons. The number of carbonyl (C=O) groups excluding carboxylic acids is 1. The van der Waals surface area contributed by atoms with Gasteiger partial charge in [-0.05, 0) is 42.2 Å². The highest BCUT2D eigenvalue weighted by Crippen LogP contribution is 2.16. The van der Waals surface area contributed by atoms with E-state index in [-0.39, 0.29) is 17.6 Å². The zero-order valence-electron chi connectivity index (χ0n) is 15.1. The summed E-state index contributed by atoms with van der Waals surface area (Å²) in [6.45, 7) is 1.66. The van der Waals surface area contributed by atoms with Gasteiger partial charge >= 0.3 is 0 Å². The molecule has 2 aromatic carbocycles. The Balaban J connectivity index is 1.55. The molecular formula is C22H22N2O3. The fraction of sp³-hybridized carbons (Fsp3) is 0.273. The predicted molar refractivity (Wildman–Crippen MR) is 103 cm³/mol. The van der Waals surface area contributed by atoms with E-state index in [4.69, 9.17) is 9.47 Å². The second-order valence-electron chi connectivity index (χ2n) is 6.36. The summed E-state index contributed by atoms with van der Waals surface area (Å²) in [6.07, 6.45) is 3.58. The van der Waals surface area contributed by atoms with Gasteiger partial charge in [0, 0.05) is 13.2 Å². The molecule has 0 bridgehead atoms. The van der Waals surface area contributed by atoms with Crippen LogP contribution in [0.2, 0.25) is 0 Å². The molecule has 0 spiro atoms. The number of hydrogen-bond acceptors (Lipinski definition) is 4. The first-order chi connectivity index (χ1) is 13.2. The van der Waals surface area contributed by atoms with Gasteiger partial charge in [0.2, 0.25) is 0 Å². The van der Waals surface area contributed by atoms with Gasteiger partial charge in [-0.1, -0.05) is 42.5 Å². The van der Waals surface area contributed by atoms with E-state index in [1.54, 1.807) is 6.08 Å². The minimum atomic E-state index is -0.377. The van der Waals surface area contributed by atoms with Crippen molar-refractivity contribution >= 4 is 12.0 Å². The molecule has 1 fully saturated rings. The summed E-state index contributed by atoms with van der Waals surface area (Å²) in [4.78, 5) is 12.2. The van der Waals surface area contributed by atoms with Gasteiger partial charge in [0.15, 0.2) is 0 Å². The van der Waals surface area contributed by atoms with Gasteiger partial charge in [0.05, 0.1) is 6.10 Å². The van der Waals surface area contributed by atoms with E-state index in [0.29, 0.717) is 13.2 Å². The molecule has 2 aromatic rings. The summed E-state index contributed by atoms with van der Waals surface area (Å²) < 4.78 is 11.2. The molecule has 1 saturated heterocycles. The van der Waals surface area contributed by atoms with E-state index in [9.17, 15) is 10.1 Å². The molecule has 5 nitrogen and oxygen atoms in total. The van der Waals surface area contributed by atoms with Crippen LogP contribution in [0, 0.1) is 11.3 Å². The molecule has 0 saturated carbocycles. The van der Waals surface area contributed by atoms with Gasteiger partial charge < -0.3 is 14.8 Å². The number of ether oxygens (including phenoxy) is 2. The average molecular weight is 362 g/mol. The molecule has 27 heavy (non-hydrogen) atoms. The molecule has 1 N–H and O–H groups in total. The number of nitrogens with zero attached hydrogens (tertiary/aromatic N) is 1. The molecule has 0 aromatic heterocycles. The highest BCUT2D eigenvalue weighted by atomic mass is 16.5. The monoisotopic (exact) mass is 362 g/mol. The van der Waals surface area contributed by atoms with Gasteiger partial charge in [0.1, 0.15) is 24.0 Å². The van der Waals surface area contributed by atoms with Crippen molar-refractivity contribution in [1.82, 2.24) is 5.32 Å². The third-order valence-electron chi connectivity index (χ3n) is 4.32. The molecule has 5 heteroatoms. The Morgan fingerprint density at radius 3 is 2.67 bits per heavy atom. The fourth-order valence-corrected chi connectivity index (χ4v) is 2.82. The smallest absolute Gasteiger partial charge is 0.262 e. The SMILES string of the molecule is N#C/C(=C\c1ccc(OCc2ccccc2)cc1)C(=O)NCC1CCCO1. The molecule has 1 unspecified atom stereocenters. The first-order valence-corrected chi connectivity index (χ1v) is 9.03. The van der Waals surface area contributed by atoms with Gasteiger partial charge in [-0.25, -0.2) is 0 Å². The van der Waals surface area contributed by atoms with Crippen molar-refractivity contribution in [1.29, 1.82) is 5.26 Å². The maximum atomic E-state index is 12.2. The zero-order chi connectivity index (χ0) is 18.9. The van der Waals surface area contributed by atoms with Crippen molar-refractivity contribution in [3.8, 4) is 11.8 Å². The summed E-state index contributed by atoms with van der Waals surface area (Å²) in [5.41, 5.74) is 1.94. The second-order valence-corrected chi connectivity index (χ2v) is 6.36. The first kappa shape index (κ1) is 18.7. The molecule has 3 rings (SSSR count). The van der Waals surface area contributed by atoms with Crippen LogP contribution < -0.4 is 10.1 Å². The molecule has 1 aliphatic heterocycles. The topological polar surface area (TPSA) is 71.3 Å². The van der Waals surface area contributed by atoms with Crippen molar-refractivity contribution in [2.75, 3.05) is 13.2 Å². The maximum Gasteiger partial charge on any atom is 0.262 e. The van der Waals surface area contributed by atoms with E-state index < -0.39 is 0 Å². The lowest BCUT2D eigenvalue weighted by atomic mass is 10.1. The lowest BCUT2D eigenvalue weighted by molar-refractivity contribution is -0.117. The van der Waals surface area contributed by atoms with Crippen LogP contribution in [0.25, 0.3) is 6.08 Å². The van der Waals surface area contributed by atoms with Gasteiger partial charge in [-0.15, -0.1) is 0 Å². The van der Waals surface area contributed by atoms with Gasteiger partial charge in [0.25, 0.3) is 5.91 Å². The van der Waals surface area contributed by atoms with Crippen LogP contribution in [0.4, 0.5) is 0 Å². The Morgan fingerprint density at radius 2 is 2.00 bits per heavy atom. The van der Waals surface area contributed by atoms with Gasteiger partial charge in [-0.2, -0.15) is 5.26 Å². The lowest BCUT2D eigenvalue weighted by Gasteiger charge is -2.10. The Hall–Kier alpha value is -3.10. The van der Waals surface area contributed by atoms with Gasteiger partial charge in [-0.3, -0.25) is 4.79 Å². The molecule has 0 aliphatic carbocycles. The minimum absolute atomic E-state index is 0.0509. The number of nitrogens with one attached hydrogen (secondary N) is 1. The van der Waals surface area contributed by atoms with E-state index in [2.05, 4.69) is 5.32 Å². The Kier molecular flexibility index (Phi) is 6.61. The Labute approximate surface area is 159 Å². The molecule has 1 heterocycles. The summed E-state index contributed by atoms with van der Waals surface area (Å²) in [5, 5.41) is 12.0.